The summed E-state index contributed by atoms with van der Waals surface area (Å²) in [6, 6.07) is 8.09. The second kappa shape index (κ2) is 6.95. The molecule has 0 fully saturated rings. The molecule has 120 valence electrons. The van der Waals surface area contributed by atoms with Gasteiger partial charge in [0.15, 0.2) is 17.5 Å². The van der Waals surface area contributed by atoms with Gasteiger partial charge in [-0.05, 0) is 36.8 Å². The average molecular weight is 323 g/mol. The summed E-state index contributed by atoms with van der Waals surface area (Å²) in [5, 5.41) is 2.08. The topological polar surface area (TPSA) is 55.4 Å². The van der Waals surface area contributed by atoms with Crippen LogP contribution in [-0.4, -0.2) is 18.4 Å². The molecule has 0 saturated heterocycles. The van der Waals surface area contributed by atoms with Crippen molar-refractivity contribution in [1.82, 2.24) is 5.32 Å². The maximum absolute atomic E-state index is 13.4. The molecule has 1 N–H and O–H groups in total. The number of aryl methyl sites for hydroxylation is 1. The van der Waals surface area contributed by atoms with Gasteiger partial charge in [0.25, 0.3) is 5.91 Å². The van der Waals surface area contributed by atoms with Gasteiger partial charge in [-0.15, -0.1) is 0 Å². The molecule has 2 aromatic rings. The Kier molecular flexibility index (Phi) is 5.00. The van der Waals surface area contributed by atoms with Gasteiger partial charge in [-0.25, -0.2) is 18.0 Å². The molecule has 7 heteroatoms. The predicted molar refractivity (Wildman–Crippen MR) is 75.5 cm³/mol. The molecule has 0 unspecified atom stereocenters. The number of carbonyl (C=O) groups excluding carboxylic acids is 2. The molecule has 0 heterocycles. The van der Waals surface area contributed by atoms with Crippen molar-refractivity contribution in [2.24, 2.45) is 0 Å². The maximum atomic E-state index is 13.4. The van der Waals surface area contributed by atoms with E-state index in [4.69, 9.17) is 4.74 Å². The molecule has 2 aromatic carbocycles. The van der Waals surface area contributed by atoms with Crippen LogP contribution in [0.15, 0.2) is 36.4 Å². The molecular formula is C16H12F3NO3. The maximum Gasteiger partial charge on any atom is 0.330 e. The van der Waals surface area contributed by atoms with E-state index in [2.05, 4.69) is 5.32 Å². The lowest BCUT2D eigenvalue weighted by Gasteiger charge is -2.08. The van der Waals surface area contributed by atoms with Crippen molar-refractivity contribution in [3.8, 4) is 5.75 Å². The molecule has 23 heavy (non-hydrogen) atoms. The van der Waals surface area contributed by atoms with Crippen LogP contribution in [0, 0.1) is 24.4 Å². The van der Waals surface area contributed by atoms with Gasteiger partial charge in [0.05, 0.1) is 5.56 Å². The molecule has 0 aromatic heterocycles. The minimum Gasteiger partial charge on any atom is -0.425 e. The van der Waals surface area contributed by atoms with Gasteiger partial charge in [0.2, 0.25) is 0 Å². The van der Waals surface area contributed by atoms with Crippen molar-refractivity contribution in [1.29, 1.82) is 0 Å². The summed E-state index contributed by atoms with van der Waals surface area (Å²) in [6.45, 7) is 1.26. The standard InChI is InChI=1S/C16H12F3NO3/c1-9-3-2-4-10(7-9)23-13(21)8-20-16(22)11-5-6-12(17)15(19)14(11)18/h2-7H,8H2,1H3,(H,20,22). The van der Waals surface area contributed by atoms with Crippen LogP contribution in [0.5, 0.6) is 5.75 Å². The van der Waals surface area contributed by atoms with E-state index in [0.717, 1.165) is 11.6 Å². The van der Waals surface area contributed by atoms with Crippen LogP contribution >= 0.6 is 0 Å². The van der Waals surface area contributed by atoms with Crippen LogP contribution in [0.4, 0.5) is 13.2 Å². The second-order valence-electron chi connectivity index (χ2n) is 4.70. The van der Waals surface area contributed by atoms with Crippen LogP contribution in [0.1, 0.15) is 15.9 Å². The highest BCUT2D eigenvalue weighted by Gasteiger charge is 2.19. The van der Waals surface area contributed by atoms with Crippen LogP contribution in [0.3, 0.4) is 0 Å². The van der Waals surface area contributed by atoms with Crippen LogP contribution < -0.4 is 10.1 Å². The molecule has 0 spiro atoms. The molecule has 0 aliphatic rings. The summed E-state index contributed by atoms with van der Waals surface area (Å²) in [5.74, 6) is -6.31. The summed E-state index contributed by atoms with van der Waals surface area (Å²) < 4.78 is 44.3. The van der Waals surface area contributed by atoms with Crippen LogP contribution in [0.2, 0.25) is 0 Å². The van der Waals surface area contributed by atoms with E-state index in [0.29, 0.717) is 11.8 Å². The molecule has 4 nitrogen and oxygen atoms in total. The van der Waals surface area contributed by atoms with Gasteiger partial charge in [0, 0.05) is 0 Å². The summed E-state index contributed by atoms with van der Waals surface area (Å²) in [4.78, 5) is 23.3. The zero-order chi connectivity index (χ0) is 17.0. The van der Waals surface area contributed by atoms with Crippen molar-refractivity contribution in [2.75, 3.05) is 6.54 Å². The fourth-order valence-corrected chi connectivity index (χ4v) is 1.80. The fourth-order valence-electron chi connectivity index (χ4n) is 1.80. The largest absolute Gasteiger partial charge is 0.425 e. The Morgan fingerprint density at radius 2 is 1.83 bits per heavy atom. The number of esters is 1. The van der Waals surface area contributed by atoms with Gasteiger partial charge in [0.1, 0.15) is 12.3 Å². The lowest BCUT2D eigenvalue weighted by atomic mass is 10.2. The molecule has 0 aliphatic carbocycles. The monoisotopic (exact) mass is 323 g/mol. The summed E-state index contributed by atoms with van der Waals surface area (Å²) >= 11 is 0. The summed E-state index contributed by atoms with van der Waals surface area (Å²) in [5.41, 5.74) is 0.176. The molecule has 2 rings (SSSR count). The van der Waals surface area contributed by atoms with Gasteiger partial charge in [-0.1, -0.05) is 12.1 Å². The van der Waals surface area contributed by atoms with Crippen molar-refractivity contribution in [2.45, 2.75) is 6.92 Å². The van der Waals surface area contributed by atoms with E-state index < -0.39 is 41.4 Å². The number of ether oxygens (including phenoxy) is 1. The van der Waals surface area contributed by atoms with Gasteiger partial charge in [-0.3, -0.25) is 4.79 Å². The fraction of sp³-hybridized carbons (Fsp3) is 0.125. The first-order valence-electron chi connectivity index (χ1n) is 6.57. The first-order valence-corrected chi connectivity index (χ1v) is 6.57. The van der Waals surface area contributed by atoms with E-state index in [1.54, 1.807) is 18.2 Å². The van der Waals surface area contributed by atoms with E-state index >= 15 is 0 Å². The number of carbonyl (C=O) groups is 2. The Bertz CT molecular complexity index is 762. The first-order chi connectivity index (χ1) is 10.9. The third-order valence-electron chi connectivity index (χ3n) is 2.89. The Morgan fingerprint density at radius 1 is 1.09 bits per heavy atom. The first kappa shape index (κ1) is 16.5. The number of benzene rings is 2. The highest BCUT2D eigenvalue weighted by atomic mass is 19.2. The predicted octanol–water partition coefficient (Wildman–Crippen LogP) is 2.75. The molecule has 0 bridgehead atoms. The van der Waals surface area contributed by atoms with Gasteiger partial charge in [-0.2, -0.15) is 0 Å². The Hall–Kier alpha value is -2.83. The number of hydrogen-bond acceptors (Lipinski definition) is 3. The van der Waals surface area contributed by atoms with Crippen molar-refractivity contribution in [3.63, 3.8) is 0 Å². The molecule has 0 atom stereocenters. The number of halogens is 3. The van der Waals surface area contributed by atoms with E-state index in [-0.39, 0.29) is 0 Å². The number of rotatable bonds is 4. The molecule has 1 amide bonds. The average Bonchev–Trinajstić information content (AvgIpc) is 2.50. The Morgan fingerprint density at radius 3 is 2.52 bits per heavy atom. The molecule has 0 aliphatic heterocycles. The van der Waals surface area contributed by atoms with Gasteiger partial charge < -0.3 is 10.1 Å². The lowest BCUT2D eigenvalue weighted by molar-refractivity contribution is -0.133. The van der Waals surface area contributed by atoms with Crippen molar-refractivity contribution in [3.05, 3.63) is 65.0 Å². The third-order valence-corrected chi connectivity index (χ3v) is 2.89. The zero-order valence-corrected chi connectivity index (χ0v) is 12.0. The number of nitrogens with one attached hydrogen (secondary N) is 1. The third kappa shape index (κ3) is 4.09. The molecular weight excluding hydrogens is 311 g/mol. The SMILES string of the molecule is Cc1cccc(OC(=O)CNC(=O)c2ccc(F)c(F)c2F)c1. The minimum atomic E-state index is -1.75. The smallest absolute Gasteiger partial charge is 0.330 e. The number of amides is 1. The molecule has 0 radical (unpaired) electrons. The Labute approximate surface area is 129 Å². The normalized spacial score (nSPS) is 10.3. The van der Waals surface area contributed by atoms with Gasteiger partial charge >= 0.3 is 5.97 Å². The quantitative estimate of drug-likeness (QED) is 0.535. The van der Waals surface area contributed by atoms with Crippen molar-refractivity contribution >= 4 is 11.9 Å². The minimum absolute atomic E-state index is 0.295. The van der Waals surface area contributed by atoms with Crippen LogP contribution in [-0.2, 0) is 4.79 Å². The van der Waals surface area contributed by atoms with E-state index in [9.17, 15) is 22.8 Å². The highest BCUT2D eigenvalue weighted by Crippen LogP contribution is 2.15. The van der Waals surface area contributed by atoms with Crippen LogP contribution in [0.25, 0.3) is 0 Å². The Balaban J connectivity index is 1.96. The second-order valence-corrected chi connectivity index (χ2v) is 4.70. The van der Waals surface area contributed by atoms with E-state index in [1.165, 1.54) is 0 Å². The zero-order valence-electron chi connectivity index (χ0n) is 12.0. The van der Waals surface area contributed by atoms with Crippen molar-refractivity contribution < 1.29 is 27.5 Å². The van der Waals surface area contributed by atoms with E-state index in [1.807, 2.05) is 13.0 Å². The number of hydrogen-bond donors (Lipinski definition) is 1. The molecule has 0 saturated carbocycles. The highest BCUT2D eigenvalue weighted by molar-refractivity contribution is 5.96. The lowest BCUT2D eigenvalue weighted by Crippen LogP contribution is -2.32. The summed E-state index contributed by atoms with van der Waals surface area (Å²) in [7, 11) is 0. The summed E-state index contributed by atoms with van der Waals surface area (Å²) in [6.07, 6.45) is 0.